The lowest BCUT2D eigenvalue weighted by molar-refractivity contribution is 0.0594. The second-order valence-corrected chi connectivity index (χ2v) is 4.43. The Kier molecular flexibility index (Phi) is 3.90. The first kappa shape index (κ1) is 13.6. The summed E-state index contributed by atoms with van der Waals surface area (Å²) < 4.78 is 10.3. The van der Waals surface area contributed by atoms with Gasteiger partial charge in [0.25, 0.3) is 0 Å². The van der Waals surface area contributed by atoms with E-state index in [2.05, 4.69) is 9.72 Å². The topological polar surface area (TPSA) is 48.4 Å². The largest absolute Gasteiger partial charge is 0.493 e. The van der Waals surface area contributed by atoms with Crippen LogP contribution in [0.25, 0.3) is 10.9 Å². The number of pyridine rings is 1. The lowest BCUT2D eigenvalue weighted by Crippen LogP contribution is -2.06. The highest BCUT2D eigenvalue weighted by molar-refractivity contribution is 6.35. The van der Waals surface area contributed by atoms with Gasteiger partial charge in [0.2, 0.25) is 0 Å². The molecule has 4 nitrogen and oxygen atoms in total. The number of benzene rings is 1. The van der Waals surface area contributed by atoms with Crippen molar-refractivity contribution >= 4 is 28.5 Å². The maximum atomic E-state index is 11.6. The van der Waals surface area contributed by atoms with Crippen molar-refractivity contribution in [1.82, 2.24) is 4.98 Å². The van der Waals surface area contributed by atoms with Gasteiger partial charge in [-0.05, 0) is 25.5 Å². The van der Waals surface area contributed by atoms with Crippen LogP contribution in [0.5, 0.6) is 5.75 Å². The molecular formula is C14H14ClNO3. The maximum Gasteiger partial charge on any atom is 0.356 e. The van der Waals surface area contributed by atoms with Crippen molar-refractivity contribution in [3.63, 3.8) is 0 Å². The number of carbonyl (C=O) groups excluding carboxylic acids is 1. The molecule has 0 amide bonds. The number of hydrogen-bond donors (Lipinski definition) is 0. The van der Waals surface area contributed by atoms with Crippen LogP contribution in [-0.2, 0) is 4.74 Å². The van der Waals surface area contributed by atoms with Crippen LogP contribution in [0.15, 0.2) is 18.2 Å². The fraction of sp³-hybridized carbons (Fsp3) is 0.286. The summed E-state index contributed by atoms with van der Waals surface area (Å²) in [6.45, 7) is 4.32. The molecular weight excluding hydrogens is 266 g/mol. The van der Waals surface area contributed by atoms with Gasteiger partial charge in [0.15, 0.2) is 5.69 Å². The number of fused-ring (bicyclic) bond motifs is 1. The number of halogens is 1. The first-order valence-corrected chi connectivity index (χ1v) is 6.27. The lowest BCUT2D eigenvalue weighted by Gasteiger charge is -2.12. The first-order chi connectivity index (χ1) is 9.08. The highest BCUT2D eigenvalue weighted by Gasteiger charge is 2.16. The minimum absolute atomic E-state index is 0.186. The Morgan fingerprint density at radius 3 is 2.79 bits per heavy atom. The molecule has 2 rings (SSSR count). The van der Waals surface area contributed by atoms with E-state index in [1.807, 2.05) is 19.9 Å². The number of methoxy groups -OCH3 is 1. The summed E-state index contributed by atoms with van der Waals surface area (Å²) in [5.41, 5.74) is 1.73. The number of carbonyl (C=O) groups is 1. The van der Waals surface area contributed by atoms with Crippen LogP contribution >= 0.6 is 11.6 Å². The predicted octanol–water partition coefficient (Wildman–Crippen LogP) is 3.38. The van der Waals surface area contributed by atoms with E-state index in [4.69, 9.17) is 16.3 Å². The van der Waals surface area contributed by atoms with E-state index in [1.54, 1.807) is 12.1 Å². The molecule has 0 aliphatic heterocycles. The molecule has 0 fully saturated rings. The standard InChI is InChI=1S/C14H14ClNO3/c1-4-19-11-7-10(14(17)18-3)16-13-9(15)6-5-8(2)12(11)13/h5-7H,4H2,1-3H3. The summed E-state index contributed by atoms with van der Waals surface area (Å²) in [7, 11) is 1.31. The van der Waals surface area contributed by atoms with Gasteiger partial charge in [-0.2, -0.15) is 0 Å². The summed E-state index contributed by atoms with van der Waals surface area (Å²) in [5, 5.41) is 1.30. The third-order valence-corrected chi connectivity index (χ3v) is 3.08. The van der Waals surface area contributed by atoms with Crippen LogP contribution in [-0.4, -0.2) is 24.7 Å². The number of nitrogens with zero attached hydrogens (tertiary/aromatic N) is 1. The number of aryl methyl sites for hydroxylation is 1. The molecule has 19 heavy (non-hydrogen) atoms. The molecule has 5 heteroatoms. The van der Waals surface area contributed by atoms with Crippen molar-refractivity contribution in [3.8, 4) is 5.75 Å². The Bertz CT molecular complexity index is 640. The maximum absolute atomic E-state index is 11.6. The van der Waals surface area contributed by atoms with Crippen molar-refractivity contribution in [3.05, 3.63) is 34.5 Å². The Morgan fingerprint density at radius 2 is 2.16 bits per heavy atom. The SMILES string of the molecule is CCOc1cc(C(=O)OC)nc2c(Cl)ccc(C)c12. The molecule has 1 heterocycles. The molecule has 1 aromatic heterocycles. The summed E-state index contributed by atoms with van der Waals surface area (Å²) >= 11 is 6.15. The molecule has 100 valence electrons. The number of rotatable bonds is 3. The van der Waals surface area contributed by atoms with Crippen LogP contribution in [0.2, 0.25) is 5.02 Å². The van der Waals surface area contributed by atoms with Crippen molar-refractivity contribution in [1.29, 1.82) is 0 Å². The molecule has 2 aromatic rings. The third kappa shape index (κ3) is 2.49. The number of aromatic nitrogens is 1. The lowest BCUT2D eigenvalue weighted by atomic mass is 10.1. The summed E-state index contributed by atoms with van der Waals surface area (Å²) in [4.78, 5) is 15.9. The van der Waals surface area contributed by atoms with Gasteiger partial charge < -0.3 is 9.47 Å². The third-order valence-electron chi connectivity index (χ3n) is 2.78. The van der Waals surface area contributed by atoms with Crippen LogP contribution < -0.4 is 4.74 Å². The van der Waals surface area contributed by atoms with Crippen LogP contribution in [0.3, 0.4) is 0 Å². The van der Waals surface area contributed by atoms with E-state index in [0.717, 1.165) is 10.9 Å². The average Bonchev–Trinajstić information content (AvgIpc) is 2.42. The Balaban J connectivity index is 2.79. The van der Waals surface area contributed by atoms with Crippen molar-refractivity contribution in [2.75, 3.05) is 13.7 Å². The van der Waals surface area contributed by atoms with Gasteiger partial charge in [-0.3, -0.25) is 0 Å². The van der Waals surface area contributed by atoms with Gasteiger partial charge in [0, 0.05) is 11.5 Å². The normalized spacial score (nSPS) is 10.5. The molecule has 0 saturated carbocycles. The van der Waals surface area contributed by atoms with Gasteiger partial charge in [-0.1, -0.05) is 17.7 Å². The zero-order chi connectivity index (χ0) is 14.0. The number of ether oxygens (including phenoxy) is 2. The van der Waals surface area contributed by atoms with Crippen molar-refractivity contribution < 1.29 is 14.3 Å². The van der Waals surface area contributed by atoms with Gasteiger partial charge in [-0.25, -0.2) is 9.78 Å². The zero-order valence-corrected chi connectivity index (χ0v) is 11.7. The second kappa shape index (κ2) is 5.45. The second-order valence-electron chi connectivity index (χ2n) is 4.02. The van der Waals surface area contributed by atoms with E-state index in [0.29, 0.717) is 22.9 Å². The first-order valence-electron chi connectivity index (χ1n) is 5.89. The van der Waals surface area contributed by atoms with Crippen LogP contribution in [0.1, 0.15) is 23.0 Å². The molecule has 0 aliphatic carbocycles. The van der Waals surface area contributed by atoms with E-state index in [9.17, 15) is 4.79 Å². The van der Waals surface area contributed by atoms with Crippen molar-refractivity contribution in [2.24, 2.45) is 0 Å². The molecule has 0 unspecified atom stereocenters. The zero-order valence-electron chi connectivity index (χ0n) is 11.0. The molecule has 0 N–H and O–H groups in total. The highest BCUT2D eigenvalue weighted by Crippen LogP contribution is 2.33. The van der Waals surface area contributed by atoms with Gasteiger partial charge >= 0.3 is 5.97 Å². The molecule has 1 aromatic carbocycles. The van der Waals surface area contributed by atoms with E-state index in [1.165, 1.54) is 7.11 Å². The molecule has 0 aliphatic rings. The van der Waals surface area contributed by atoms with E-state index >= 15 is 0 Å². The molecule has 0 radical (unpaired) electrons. The van der Waals surface area contributed by atoms with E-state index < -0.39 is 5.97 Å². The monoisotopic (exact) mass is 279 g/mol. The van der Waals surface area contributed by atoms with Crippen LogP contribution in [0, 0.1) is 6.92 Å². The summed E-state index contributed by atoms with van der Waals surface area (Å²) in [5.74, 6) is 0.0772. The van der Waals surface area contributed by atoms with Gasteiger partial charge in [0.05, 0.1) is 24.3 Å². The highest BCUT2D eigenvalue weighted by atomic mass is 35.5. The smallest absolute Gasteiger partial charge is 0.356 e. The summed E-state index contributed by atoms with van der Waals surface area (Å²) in [6, 6.07) is 5.23. The van der Waals surface area contributed by atoms with E-state index in [-0.39, 0.29) is 5.69 Å². The van der Waals surface area contributed by atoms with Crippen LogP contribution in [0.4, 0.5) is 0 Å². The fourth-order valence-electron chi connectivity index (χ4n) is 1.91. The van der Waals surface area contributed by atoms with Gasteiger partial charge in [-0.15, -0.1) is 0 Å². The van der Waals surface area contributed by atoms with Crippen molar-refractivity contribution in [2.45, 2.75) is 13.8 Å². The minimum Gasteiger partial charge on any atom is -0.493 e. The quantitative estimate of drug-likeness (QED) is 0.808. The average molecular weight is 280 g/mol. The molecule has 0 saturated heterocycles. The fourth-order valence-corrected chi connectivity index (χ4v) is 2.11. The number of esters is 1. The Labute approximate surface area is 116 Å². The molecule has 0 spiro atoms. The molecule has 0 atom stereocenters. The number of hydrogen-bond acceptors (Lipinski definition) is 4. The Morgan fingerprint density at radius 1 is 1.42 bits per heavy atom. The minimum atomic E-state index is -0.513. The predicted molar refractivity (Wildman–Crippen MR) is 74.0 cm³/mol. The Hall–Kier alpha value is -1.81. The summed E-state index contributed by atoms with van der Waals surface area (Å²) in [6.07, 6.45) is 0. The molecule has 0 bridgehead atoms. The van der Waals surface area contributed by atoms with Gasteiger partial charge in [0.1, 0.15) is 5.75 Å².